The molecule has 2 unspecified atom stereocenters. The first kappa shape index (κ1) is 18.5. The molecule has 1 aromatic carbocycles. The molecule has 1 saturated heterocycles. The van der Waals surface area contributed by atoms with E-state index in [9.17, 15) is 4.79 Å². The number of piperidine rings is 1. The molecule has 1 aliphatic carbocycles. The third kappa shape index (κ3) is 3.76. The Morgan fingerprint density at radius 3 is 2.67 bits per heavy atom. The van der Waals surface area contributed by atoms with Crippen LogP contribution >= 0.6 is 11.3 Å². The van der Waals surface area contributed by atoms with Crippen LogP contribution < -0.4 is 10.1 Å². The number of rotatable bonds is 6. The molecule has 144 valence electrons. The van der Waals surface area contributed by atoms with Crippen molar-refractivity contribution in [3.8, 4) is 5.75 Å². The van der Waals surface area contributed by atoms with Crippen LogP contribution in [0.4, 0.5) is 0 Å². The van der Waals surface area contributed by atoms with E-state index in [1.54, 1.807) is 18.4 Å². The minimum atomic E-state index is -0.145. The second-order valence-corrected chi connectivity index (χ2v) is 8.70. The van der Waals surface area contributed by atoms with Gasteiger partial charge in [0, 0.05) is 12.6 Å². The van der Waals surface area contributed by atoms with Gasteiger partial charge in [-0.1, -0.05) is 12.1 Å². The van der Waals surface area contributed by atoms with Gasteiger partial charge >= 0.3 is 0 Å². The Labute approximate surface area is 165 Å². The summed E-state index contributed by atoms with van der Waals surface area (Å²) in [6.45, 7) is 4.90. The summed E-state index contributed by atoms with van der Waals surface area (Å²) in [5.41, 5.74) is 2.64. The molecular weight excluding hydrogens is 356 g/mol. The third-order valence-electron chi connectivity index (χ3n) is 6.32. The van der Waals surface area contributed by atoms with Gasteiger partial charge in [-0.05, 0) is 84.8 Å². The molecule has 0 radical (unpaired) electrons. The average molecular weight is 385 g/mol. The Bertz CT molecular complexity index is 766. The zero-order chi connectivity index (χ0) is 18.9. The maximum atomic E-state index is 13.5. The zero-order valence-electron chi connectivity index (χ0n) is 16.1. The number of hydrogen-bond donors (Lipinski definition) is 1. The lowest BCUT2D eigenvalue weighted by Gasteiger charge is -2.31. The van der Waals surface area contributed by atoms with E-state index in [-0.39, 0.29) is 11.8 Å². The fraction of sp³-hybridized carbons (Fsp3) is 0.500. The number of thiophene rings is 1. The van der Waals surface area contributed by atoms with Crippen molar-refractivity contribution in [2.45, 2.75) is 44.7 Å². The standard InChI is InChI=1S/C22H28N2O2S/c1-16(18-3-5-19(26-2)6-4-18)21(25)24(14-17-7-12-27-15-17)20-13-22(20)8-10-23-11-9-22/h3-7,12,15-16,20,23H,8-11,13-14H2,1-2H3. The van der Waals surface area contributed by atoms with Crippen LogP contribution in [0, 0.1) is 5.41 Å². The Morgan fingerprint density at radius 1 is 1.30 bits per heavy atom. The van der Waals surface area contributed by atoms with E-state index in [1.807, 2.05) is 31.2 Å². The van der Waals surface area contributed by atoms with Gasteiger partial charge in [0.1, 0.15) is 5.75 Å². The van der Waals surface area contributed by atoms with Crippen LogP contribution in [0.2, 0.25) is 0 Å². The molecule has 2 atom stereocenters. The maximum absolute atomic E-state index is 13.5. The Hall–Kier alpha value is -1.85. The van der Waals surface area contributed by atoms with Crippen molar-refractivity contribution in [3.63, 3.8) is 0 Å². The van der Waals surface area contributed by atoms with Crippen LogP contribution in [-0.4, -0.2) is 37.0 Å². The van der Waals surface area contributed by atoms with Crippen molar-refractivity contribution in [1.29, 1.82) is 0 Å². The van der Waals surface area contributed by atoms with E-state index in [0.29, 0.717) is 11.5 Å². The number of methoxy groups -OCH3 is 1. The first-order valence-electron chi connectivity index (χ1n) is 9.79. The summed E-state index contributed by atoms with van der Waals surface area (Å²) in [6, 6.07) is 10.4. The number of hydrogen-bond acceptors (Lipinski definition) is 4. The molecule has 4 rings (SSSR count). The Kier molecular flexibility index (Phi) is 5.24. The smallest absolute Gasteiger partial charge is 0.230 e. The number of benzene rings is 1. The summed E-state index contributed by atoms with van der Waals surface area (Å²) in [6.07, 6.45) is 3.52. The maximum Gasteiger partial charge on any atom is 0.230 e. The number of nitrogens with one attached hydrogen (secondary N) is 1. The van der Waals surface area contributed by atoms with Crippen LogP contribution in [0.3, 0.4) is 0 Å². The molecule has 2 fully saturated rings. The van der Waals surface area contributed by atoms with E-state index < -0.39 is 0 Å². The molecule has 27 heavy (non-hydrogen) atoms. The van der Waals surface area contributed by atoms with Crippen molar-refractivity contribution in [2.24, 2.45) is 5.41 Å². The van der Waals surface area contributed by atoms with Crippen LogP contribution in [0.25, 0.3) is 0 Å². The van der Waals surface area contributed by atoms with Crippen molar-refractivity contribution >= 4 is 17.2 Å². The zero-order valence-corrected chi connectivity index (χ0v) is 16.9. The van der Waals surface area contributed by atoms with Gasteiger partial charge in [-0.3, -0.25) is 4.79 Å². The molecular formula is C22H28N2O2S. The van der Waals surface area contributed by atoms with Crippen LogP contribution in [0.15, 0.2) is 41.1 Å². The monoisotopic (exact) mass is 384 g/mol. The van der Waals surface area contributed by atoms with Gasteiger partial charge in [-0.25, -0.2) is 0 Å². The van der Waals surface area contributed by atoms with Crippen LogP contribution in [-0.2, 0) is 11.3 Å². The Morgan fingerprint density at radius 2 is 2.04 bits per heavy atom. The first-order chi connectivity index (χ1) is 13.1. The molecule has 1 aromatic heterocycles. The summed E-state index contributed by atoms with van der Waals surface area (Å²) in [5.74, 6) is 0.921. The molecule has 1 saturated carbocycles. The molecule has 1 N–H and O–H groups in total. The van der Waals surface area contributed by atoms with Gasteiger partial charge in [0.15, 0.2) is 0 Å². The molecule has 2 aliphatic rings. The van der Waals surface area contributed by atoms with E-state index in [0.717, 1.165) is 37.4 Å². The second-order valence-electron chi connectivity index (χ2n) is 7.92. The molecule has 2 heterocycles. The highest BCUT2D eigenvalue weighted by Crippen LogP contribution is 2.56. The van der Waals surface area contributed by atoms with Gasteiger partial charge < -0.3 is 15.0 Å². The highest BCUT2D eigenvalue weighted by molar-refractivity contribution is 7.07. The predicted octanol–water partition coefficient (Wildman–Crippen LogP) is 4.03. The average Bonchev–Trinajstić information content (AvgIpc) is 3.14. The fourth-order valence-electron chi connectivity index (χ4n) is 4.43. The number of carbonyl (C=O) groups excluding carboxylic acids is 1. The molecule has 1 aliphatic heterocycles. The molecule has 1 amide bonds. The Balaban J connectivity index is 1.54. The summed E-state index contributed by atoms with van der Waals surface area (Å²) in [7, 11) is 1.66. The SMILES string of the molecule is COc1ccc(C(C)C(=O)N(Cc2ccsc2)C2CC23CCNCC3)cc1. The second kappa shape index (κ2) is 7.64. The lowest BCUT2D eigenvalue weighted by Crippen LogP contribution is -2.40. The highest BCUT2D eigenvalue weighted by Gasteiger charge is 2.58. The van der Waals surface area contributed by atoms with E-state index in [1.165, 1.54) is 18.4 Å². The van der Waals surface area contributed by atoms with Crippen LogP contribution in [0.1, 0.15) is 43.2 Å². The minimum Gasteiger partial charge on any atom is -0.497 e. The van der Waals surface area contributed by atoms with Crippen molar-refractivity contribution in [2.75, 3.05) is 20.2 Å². The van der Waals surface area contributed by atoms with E-state index in [2.05, 4.69) is 27.0 Å². The number of ether oxygens (including phenoxy) is 1. The molecule has 4 nitrogen and oxygen atoms in total. The van der Waals surface area contributed by atoms with Crippen molar-refractivity contribution < 1.29 is 9.53 Å². The lowest BCUT2D eigenvalue weighted by atomic mass is 9.92. The molecule has 2 aromatic rings. The normalized spacial score (nSPS) is 21.6. The topological polar surface area (TPSA) is 41.6 Å². The van der Waals surface area contributed by atoms with E-state index >= 15 is 0 Å². The van der Waals surface area contributed by atoms with Gasteiger partial charge in [0.25, 0.3) is 0 Å². The summed E-state index contributed by atoms with van der Waals surface area (Å²) >= 11 is 1.70. The number of amides is 1. The molecule has 5 heteroatoms. The van der Waals surface area contributed by atoms with Gasteiger partial charge in [0.05, 0.1) is 13.0 Å². The fourth-order valence-corrected chi connectivity index (χ4v) is 5.09. The van der Waals surface area contributed by atoms with Crippen molar-refractivity contribution in [1.82, 2.24) is 10.2 Å². The molecule has 0 bridgehead atoms. The summed E-state index contributed by atoms with van der Waals surface area (Å²) in [4.78, 5) is 15.7. The van der Waals surface area contributed by atoms with Crippen LogP contribution in [0.5, 0.6) is 5.75 Å². The quantitative estimate of drug-likeness (QED) is 0.817. The lowest BCUT2D eigenvalue weighted by molar-refractivity contribution is -0.134. The first-order valence-corrected chi connectivity index (χ1v) is 10.7. The number of nitrogens with zero attached hydrogens (tertiary/aromatic N) is 1. The summed E-state index contributed by atoms with van der Waals surface area (Å²) < 4.78 is 5.25. The summed E-state index contributed by atoms with van der Waals surface area (Å²) in [5, 5.41) is 7.72. The molecule has 1 spiro atoms. The third-order valence-corrected chi connectivity index (χ3v) is 7.06. The minimum absolute atomic E-state index is 0.145. The van der Waals surface area contributed by atoms with E-state index in [4.69, 9.17) is 4.74 Å². The van der Waals surface area contributed by atoms with Gasteiger partial charge in [-0.15, -0.1) is 0 Å². The van der Waals surface area contributed by atoms with Gasteiger partial charge in [-0.2, -0.15) is 11.3 Å². The predicted molar refractivity (Wildman–Crippen MR) is 109 cm³/mol. The highest BCUT2D eigenvalue weighted by atomic mass is 32.1. The largest absolute Gasteiger partial charge is 0.497 e. The van der Waals surface area contributed by atoms with Crippen molar-refractivity contribution in [3.05, 3.63) is 52.2 Å². The number of carbonyl (C=O) groups is 1. The van der Waals surface area contributed by atoms with Gasteiger partial charge in [0.2, 0.25) is 5.91 Å².